The van der Waals surface area contributed by atoms with Gasteiger partial charge in [-0.1, -0.05) is 12.1 Å². The highest BCUT2D eigenvalue weighted by Gasteiger charge is 2.53. The first-order valence-electron chi connectivity index (χ1n) is 6.86. The van der Waals surface area contributed by atoms with Gasteiger partial charge in [0.2, 0.25) is 0 Å². The lowest BCUT2D eigenvalue weighted by atomic mass is 9.94. The molecule has 2 saturated heterocycles. The van der Waals surface area contributed by atoms with Crippen molar-refractivity contribution >= 4 is 11.9 Å². The van der Waals surface area contributed by atoms with E-state index in [4.69, 9.17) is 9.84 Å². The lowest BCUT2D eigenvalue weighted by Crippen LogP contribution is -2.50. The van der Waals surface area contributed by atoms with Gasteiger partial charge in [-0.25, -0.2) is 4.79 Å². The van der Waals surface area contributed by atoms with Crippen molar-refractivity contribution in [2.45, 2.75) is 31.4 Å². The monoisotopic (exact) mass is 275 g/mol. The molecule has 1 aromatic rings. The molecule has 5 nitrogen and oxygen atoms in total. The van der Waals surface area contributed by atoms with E-state index in [9.17, 15) is 9.59 Å². The van der Waals surface area contributed by atoms with Gasteiger partial charge in [-0.15, -0.1) is 0 Å². The molecule has 20 heavy (non-hydrogen) atoms. The number of hydrogen-bond acceptors (Lipinski definition) is 4. The summed E-state index contributed by atoms with van der Waals surface area (Å²) >= 11 is 0. The molecule has 1 atom stereocenters. The minimum Gasteiger partial charge on any atom is -0.464 e. The van der Waals surface area contributed by atoms with Crippen molar-refractivity contribution in [3.63, 3.8) is 0 Å². The molecule has 1 N–H and O–H groups in total. The first-order chi connectivity index (χ1) is 9.67. The molecule has 2 fully saturated rings. The highest BCUT2D eigenvalue weighted by molar-refractivity contribution is 5.99. The van der Waals surface area contributed by atoms with Crippen molar-refractivity contribution in [1.29, 1.82) is 0 Å². The van der Waals surface area contributed by atoms with Crippen LogP contribution in [-0.2, 0) is 16.1 Å². The molecule has 1 amide bonds. The number of aliphatic hydroxyl groups excluding tert-OH is 1. The fraction of sp³-hybridized carbons (Fsp3) is 0.467. The highest BCUT2D eigenvalue weighted by atomic mass is 16.5. The number of carbonyl (C=O) groups excluding carboxylic acids is 2. The van der Waals surface area contributed by atoms with Gasteiger partial charge in [0, 0.05) is 18.5 Å². The van der Waals surface area contributed by atoms with Crippen molar-refractivity contribution in [2.75, 3.05) is 13.2 Å². The lowest BCUT2D eigenvalue weighted by molar-refractivity contribution is -0.145. The van der Waals surface area contributed by atoms with Gasteiger partial charge >= 0.3 is 5.97 Å². The number of benzene rings is 1. The van der Waals surface area contributed by atoms with E-state index in [-0.39, 0.29) is 18.5 Å². The summed E-state index contributed by atoms with van der Waals surface area (Å²) in [6.07, 6.45) is 2.08. The number of rotatable bonds is 2. The summed E-state index contributed by atoms with van der Waals surface area (Å²) in [5, 5.41) is 9.16. The van der Waals surface area contributed by atoms with Gasteiger partial charge in [0.15, 0.2) is 0 Å². The molecule has 2 aliphatic heterocycles. The fourth-order valence-electron chi connectivity index (χ4n) is 3.15. The number of likely N-dealkylation sites (tertiary alicyclic amines) is 1. The van der Waals surface area contributed by atoms with Crippen LogP contribution in [0.15, 0.2) is 24.3 Å². The van der Waals surface area contributed by atoms with Gasteiger partial charge < -0.3 is 14.7 Å². The van der Waals surface area contributed by atoms with Crippen molar-refractivity contribution < 1.29 is 19.4 Å². The number of aliphatic hydroxyl groups is 1. The van der Waals surface area contributed by atoms with Crippen LogP contribution >= 0.6 is 0 Å². The molecule has 3 rings (SSSR count). The molecule has 1 aromatic carbocycles. The third-order valence-electron chi connectivity index (χ3n) is 4.22. The Kier molecular flexibility index (Phi) is 3.22. The first-order valence-corrected chi connectivity index (χ1v) is 6.86. The largest absolute Gasteiger partial charge is 0.464 e. The Morgan fingerprint density at radius 3 is 2.95 bits per heavy atom. The summed E-state index contributed by atoms with van der Waals surface area (Å²) in [6.45, 7) is 0.866. The van der Waals surface area contributed by atoms with Gasteiger partial charge in [-0.2, -0.15) is 0 Å². The van der Waals surface area contributed by atoms with Crippen LogP contribution in [0.25, 0.3) is 0 Å². The normalized spacial score (nSPS) is 25.2. The Morgan fingerprint density at radius 1 is 1.40 bits per heavy atom. The Hall–Kier alpha value is -1.88. The number of cyclic esters (lactones) is 1. The predicted octanol–water partition coefficient (Wildman–Crippen LogP) is 1.10. The van der Waals surface area contributed by atoms with Crippen LogP contribution in [-0.4, -0.2) is 40.6 Å². The van der Waals surface area contributed by atoms with E-state index < -0.39 is 5.54 Å². The van der Waals surface area contributed by atoms with Crippen LogP contribution in [0.3, 0.4) is 0 Å². The maximum absolute atomic E-state index is 12.7. The van der Waals surface area contributed by atoms with Gasteiger partial charge in [0.05, 0.1) is 13.2 Å². The topological polar surface area (TPSA) is 66.8 Å². The molecule has 0 aliphatic carbocycles. The van der Waals surface area contributed by atoms with Crippen LogP contribution in [0.4, 0.5) is 0 Å². The van der Waals surface area contributed by atoms with E-state index >= 15 is 0 Å². The molecule has 5 heteroatoms. The lowest BCUT2D eigenvalue weighted by Gasteiger charge is -2.31. The molecule has 106 valence electrons. The number of carbonyl (C=O) groups is 2. The van der Waals surface area contributed by atoms with Gasteiger partial charge in [-0.05, 0) is 30.5 Å². The Morgan fingerprint density at radius 2 is 2.25 bits per heavy atom. The minimum atomic E-state index is -0.758. The summed E-state index contributed by atoms with van der Waals surface area (Å²) < 4.78 is 5.08. The van der Waals surface area contributed by atoms with E-state index in [1.165, 1.54) is 0 Å². The molecule has 0 radical (unpaired) electrons. The second-order valence-corrected chi connectivity index (χ2v) is 5.34. The molecule has 0 saturated carbocycles. The van der Waals surface area contributed by atoms with Crippen molar-refractivity contribution in [3.05, 3.63) is 35.4 Å². The average Bonchev–Trinajstić information content (AvgIpc) is 3.07. The first kappa shape index (κ1) is 13.1. The van der Waals surface area contributed by atoms with Crippen LogP contribution < -0.4 is 0 Å². The Labute approximate surface area is 117 Å². The SMILES string of the molecule is O=C(c1cccc(CO)c1)N1CCCC12CCOC2=O. The highest BCUT2D eigenvalue weighted by Crippen LogP contribution is 2.38. The minimum absolute atomic E-state index is 0.103. The molecular weight excluding hydrogens is 258 g/mol. The van der Waals surface area contributed by atoms with Crippen LogP contribution in [0, 0.1) is 0 Å². The zero-order chi connectivity index (χ0) is 14.2. The Bertz CT molecular complexity index is 553. The van der Waals surface area contributed by atoms with Gasteiger partial charge in [-0.3, -0.25) is 4.79 Å². The molecule has 1 unspecified atom stereocenters. The van der Waals surface area contributed by atoms with Crippen molar-refractivity contribution in [1.82, 2.24) is 4.90 Å². The van der Waals surface area contributed by atoms with E-state index in [1.807, 2.05) is 0 Å². The standard InChI is InChI=1S/C15H17NO4/c17-10-11-3-1-4-12(9-11)13(18)16-7-2-5-15(16)6-8-20-14(15)19/h1,3-4,9,17H,2,5-8,10H2. The average molecular weight is 275 g/mol. The quantitative estimate of drug-likeness (QED) is 0.821. The zero-order valence-electron chi connectivity index (χ0n) is 11.2. The van der Waals surface area contributed by atoms with Crippen LogP contribution in [0.2, 0.25) is 0 Å². The molecule has 0 aromatic heterocycles. The number of ether oxygens (including phenoxy) is 1. The van der Waals surface area contributed by atoms with Gasteiger partial charge in [0.25, 0.3) is 5.91 Å². The predicted molar refractivity (Wildman–Crippen MR) is 70.9 cm³/mol. The molecule has 2 aliphatic rings. The number of esters is 1. The third kappa shape index (κ3) is 1.89. The van der Waals surface area contributed by atoms with E-state index in [1.54, 1.807) is 29.2 Å². The maximum Gasteiger partial charge on any atom is 0.332 e. The fourth-order valence-corrected chi connectivity index (χ4v) is 3.15. The van der Waals surface area contributed by atoms with Crippen LogP contribution in [0.1, 0.15) is 35.2 Å². The van der Waals surface area contributed by atoms with E-state index in [0.717, 1.165) is 6.42 Å². The van der Waals surface area contributed by atoms with E-state index in [2.05, 4.69) is 0 Å². The Balaban J connectivity index is 1.91. The molecule has 2 heterocycles. The summed E-state index contributed by atoms with van der Waals surface area (Å²) in [5.41, 5.74) is 0.447. The zero-order valence-corrected chi connectivity index (χ0v) is 11.2. The number of amides is 1. The second-order valence-electron chi connectivity index (χ2n) is 5.34. The second kappa shape index (κ2) is 4.90. The number of nitrogens with zero attached hydrogens (tertiary/aromatic N) is 1. The smallest absolute Gasteiger partial charge is 0.332 e. The summed E-state index contributed by atoms with van der Waals surface area (Å²) in [6, 6.07) is 6.90. The van der Waals surface area contributed by atoms with Crippen molar-refractivity contribution in [3.8, 4) is 0 Å². The van der Waals surface area contributed by atoms with Crippen molar-refractivity contribution in [2.24, 2.45) is 0 Å². The van der Waals surface area contributed by atoms with Gasteiger partial charge in [0.1, 0.15) is 5.54 Å². The maximum atomic E-state index is 12.7. The number of hydrogen-bond donors (Lipinski definition) is 1. The van der Waals surface area contributed by atoms with Crippen LogP contribution in [0.5, 0.6) is 0 Å². The summed E-state index contributed by atoms with van der Waals surface area (Å²) in [4.78, 5) is 26.3. The summed E-state index contributed by atoms with van der Waals surface area (Å²) in [5.74, 6) is -0.432. The third-order valence-corrected chi connectivity index (χ3v) is 4.22. The molecule has 1 spiro atoms. The summed E-state index contributed by atoms with van der Waals surface area (Å²) in [7, 11) is 0. The molecular formula is C15H17NO4. The van der Waals surface area contributed by atoms with E-state index in [0.29, 0.717) is 37.1 Å². The molecule has 0 bridgehead atoms.